The number of phenols is 1. The van der Waals surface area contributed by atoms with Crippen LogP contribution >= 0.6 is 11.6 Å². The maximum atomic E-state index is 12.1. The fourth-order valence-corrected chi connectivity index (χ4v) is 7.00. The second-order valence-corrected chi connectivity index (χ2v) is 18.4. The maximum Gasteiger partial charge on any atom is 0.248 e. The lowest BCUT2D eigenvalue weighted by molar-refractivity contribution is -0.0371. The van der Waals surface area contributed by atoms with Gasteiger partial charge in [0.1, 0.15) is 5.75 Å². The third-order valence-electron chi connectivity index (χ3n) is 9.19. The summed E-state index contributed by atoms with van der Waals surface area (Å²) in [7, 11) is -2.25. The van der Waals surface area contributed by atoms with Gasteiger partial charge in [0.15, 0.2) is 8.32 Å². The standard InChI is InChI=1S/C33H48ClN3O5Si/c1-32(2,3)43(4,5)42-28(24-10-12-27(38)31-25(24)11-13-30(39)37-31)22-36-29(33(40)16-18-35-19-17-33)15-21-41-20-14-23-8-6-7-9-26(23)34/h6-13,28-29,35-36,38,40H,14-22H2,1-5H3,(H,37,39). The summed E-state index contributed by atoms with van der Waals surface area (Å²) >= 11 is 6.31. The van der Waals surface area contributed by atoms with Gasteiger partial charge in [-0.15, -0.1) is 0 Å². The van der Waals surface area contributed by atoms with Gasteiger partial charge in [0.25, 0.3) is 0 Å². The van der Waals surface area contributed by atoms with Crippen molar-refractivity contribution >= 4 is 30.8 Å². The molecule has 8 nitrogen and oxygen atoms in total. The first-order valence-electron chi connectivity index (χ1n) is 15.3. The van der Waals surface area contributed by atoms with E-state index in [-0.39, 0.29) is 28.5 Å². The van der Waals surface area contributed by atoms with E-state index in [4.69, 9.17) is 20.8 Å². The SMILES string of the molecule is CC(C)(C)[Si](C)(C)OC(CNC(CCOCCc1ccccc1Cl)C1(O)CCNCC1)c1ccc(O)c2[nH]c(=O)ccc12. The van der Waals surface area contributed by atoms with Gasteiger partial charge in [-0.3, -0.25) is 4.79 Å². The van der Waals surface area contributed by atoms with Crippen LogP contribution in [0, 0.1) is 0 Å². The molecule has 0 saturated carbocycles. The monoisotopic (exact) mass is 629 g/mol. The minimum Gasteiger partial charge on any atom is -0.506 e. The Labute approximate surface area is 261 Å². The van der Waals surface area contributed by atoms with Crippen LogP contribution < -0.4 is 16.2 Å². The smallest absolute Gasteiger partial charge is 0.248 e. The maximum absolute atomic E-state index is 12.1. The lowest BCUT2D eigenvalue weighted by Gasteiger charge is -2.42. The van der Waals surface area contributed by atoms with Crippen molar-refractivity contribution in [1.82, 2.24) is 15.6 Å². The summed E-state index contributed by atoms with van der Waals surface area (Å²) in [5, 5.41) is 30.8. The number of benzene rings is 2. The molecule has 1 aliphatic rings. The van der Waals surface area contributed by atoms with E-state index in [0.29, 0.717) is 44.5 Å². The predicted molar refractivity (Wildman–Crippen MR) is 177 cm³/mol. The number of halogens is 1. The molecule has 0 aliphatic carbocycles. The van der Waals surface area contributed by atoms with E-state index in [1.165, 1.54) is 6.07 Å². The first kappa shape index (κ1) is 33.6. The third-order valence-corrected chi connectivity index (χ3v) is 14.0. The summed E-state index contributed by atoms with van der Waals surface area (Å²) in [5.41, 5.74) is 1.18. The summed E-state index contributed by atoms with van der Waals surface area (Å²) in [5.74, 6) is 0.0197. The normalized spacial score (nSPS) is 17.2. The van der Waals surface area contributed by atoms with Crippen LogP contribution in [0.4, 0.5) is 0 Å². The number of H-pyrrole nitrogens is 1. The van der Waals surface area contributed by atoms with Crippen LogP contribution in [0.2, 0.25) is 23.2 Å². The lowest BCUT2D eigenvalue weighted by atomic mass is 9.83. The predicted octanol–water partition coefficient (Wildman–Crippen LogP) is 5.67. The minimum absolute atomic E-state index is 0.0197. The molecule has 0 spiro atoms. The number of nitrogens with one attached hydrogen (secondary N) is 3. The van der Waals surface area contributed by atoms with Crippen molar-refractivity contribution in [2.45, 2.75) is 82.3 Å². The molecule has 0 radical (unpaired) electrons. The van der Waals surface area contributed by atoms with Crippen LogP contribution in [0.1, 0.15) is 57.3 Å². The van der Waals surface area contributed by atoms with Crippen LogP contribution in [0.25, 0.3) is 10.9 Å². The van der Waals surface area contributed by atoms with Gasteiger partial charge < -0.3 is 35.0 Å². The Balaban J connectivity index is 1.55. The van der Waals surface area contributed by atoms with Crippen molar-refractivity contribution < 1.29 is 19.4 Å². The zero-order valence-corrected chi connectivity index (χ0v) is 27.9. The fraction of sp³-hybridized carbons (Fsp3) is 0.545. The molecule has 2 atom stereocenters. The molecule has 0 amide bonds. The van der Waals surface area contributed by atoms with E-state index in [9.17, 15) is 15.0 Å². The molecule has 43 heavy (non-hydrogen) atoms. The zero-order chi connectivity index (χ0) is 31.3. The number of pyridine rings is 1. The number of fused-ring (bicyclic) bond motifs is 1. The van der Waals surface area contributed by atoms with Gasteiger partial charge in [0, 0.05) is 35.7 Å². The fourth-order valence-electron chi connectivity index (χ4n) is 5.49. The quantitative estimate of drug-likeness (QED) is 0.122. The molecule has 236 valence electrons. The van der Waals surface area contributed by atoms with Crippen LogP contribution in [-0.2, 0) is 15.6 Å². The van der Waals surface area contributed by atoms with Crippen molar-refractivity contribution in [3.05, 3.63) is 75.0 Å². The van der Waals surface area contributed by atoms with E-state index in [1.54, 1.807) is 12.1 Å². The molecule has 2 heterocycles. The Hall–Kier alpha value is -2.24. The van der Waals surface area contributed by atoms with Crippen molar-refractivity contribution in [2.75, 3.05) is 32.8 Å². The molecule has 1 aliphatic heterocycles. The second kappa shape index (κ2) is 14.2. The number of piperidine rings is 1. The van der Waals surface area contributed by atoms with Crippen LogP contribution in [0.15, 0.2) is 53.3 Å². The number of phenolic OH excluding ortho intramolecular Hbond substituents is 1. The minimum atomic E-state index is -2.25. The molecular weight excluding hydrogens is 582 g/mol. The zero-order valence-electron chi connectivity index (χ0n) is 26.1. The number of aromatic hydroxyl groups is 1. The average Bonchev–Trinajstić information content (AvgIpc) is 2.95. The van der Waals surface area contributed by atoms with Gasteiger partial charge in [0.05, 0.1) is 23.8 Å². The van der Waals surface area contributed by atoms with Gasteiger partial charge in [-0.25, -0.2) is 0 Å². The second-order valence-electron chi connectivity index (χ2n) is 13.2. The van der Waals surface area contributed by atoms with E-state index >= 15 is 0 Å². The largest absolute Gasteiger partial charge is 0.506 e. The molecule has 1 aromatic heterocycles. The first-order chi connectivity index (χ1) is 20.3. The summed E-state index contributed by atoms with van der Waals surface area (Å²) < 4.78 is 13.1. The molecule has 5 N–H and O–H groups in total. The van der Waals surface area contributed by atoms with Gasteiger partial charge in [-0.05, 0) is 86.2 Å². The van der Waals surface area contributed by atoms with E-state index in [2.05, 4.69) is 49.5 Å². The molecule has 3 aromatic rings. The molecule has 0 bridgehead atoms. The van der Waals surface area contributed by atoms with E-state index < -0.39 is 13.9 Å². The number of aromatic amines is 1. The highest BCUT2D eigenvalue weighted by Crippen LogP contribution is 2.41. The third kappa shape index (κ3) is 8.48. The highest BCUT2D eigenvalue weighted by Gasteiger charge is 2.41. The summed E-state index contributed by atoms with van der Waals surface area (Å²) in [6, 6.07) is 14.3. The molecule has 2 unspecified atom stereocenters. The van der Waals surface area contributed by atoms with Crippen LogP contribution in [0.3, 0.4) is 0 Å². The summed E-state index contributed by atoms with van der Waals surface area (Å²) in [6.07, 6.45) is 2.27. The lowest BCUT2D eigenvalue weighted by Crippen LogP contribution is -2.57. The molecule has 1 fully saturated rings. The Morgan fingerprint density at radius 3 is 2.49 bits per heavy atom. The Morgan fingerprint density at radius 2 is 1.79 bits per heavy atom. The number of ether oxygens (including phenoxy) is 1. The first-order valence-corrected chi connectivity index (χ1v) is 18.6. The van der Waals surface area contributed by atoms with Crippen molar-refractivity contribution in [2.24, 2.45) is 0 Å². The number of aromatic nitrogens is 1. The topological polar surface area (TPSA) is 116 Å². The van der Waals surface area contributed by atoms with Crippen molar-refractivity contribution in [3.8, 4) is 5.75 Å². The van der Waals surface area contributed by atoms with Gasteiger partial charge >= 0.3 is 0 Å². The number of hydrogen-bond acceptors (Lipinski definition) is 7. The molecule has 1 saturated heterocycles. The molecule has 4 rings (SSSR count). The summed E-state index contributed by atoms with van der Waals surface area (Å²) in [4.78, 5) is 14.9. The Kier molecular flexibility index (Phi) is 11.1. The van der Waals surface area contributed by atoms with Gasteiger partial charge in [-0.1, -0.05) is 56.6 Å². The highest BCUT2D eigenvalue weighted by molar-refractivity contribution is 6.74. The van der Waals surface area contributed by atoms with Crippen molar-refractivity contribution in [3.63, 3.8) is 0 Å². The Bertz CT molecular complexity index is 1420. The molecular formula is C33H48ClN3O5Si. The van der Waals surface area contributed by atoms with E-state index in [1.807, 2.05) is 30.3 Å². The highest BCUT2D eigenvalue weighted by atomic mass is 35.5. The number of aliphatic hydroxyl groups is 1. The average molecular weight is 630 g/mol. The molecule has 10 heteroatoms. The van der Waals surface area contributed by atoms with Gasteiger partial charge in [-0.2, -0.15) is 0 Å². The van der Waals surface area contributed by atoms with Crippen molar-refractivity contribution in [1.29, 1.82) is 0 Å². The number of rotatable bonds is 13. The van der Waals surface area contributed by atoms with Gasteiger partial charge in [0.2, 0.25) is 5.56 Å². The molecule has 2 aromatic carbocycles. The van der Waals surface area contributed by atoms with Crippen LogP contribution in [0.5, 0.6) is 5.75 Å². The summed E-state index contributed by atoms with van der Waals surface area (Å²) in [6.45, 7) is 14.0. The Morgan fingerprint density at radius 1 is 1.07 bits per heavy atom. The van der Waals surface area contributed by atoms with Crippen LogP contribution in [-0.4, -0.2) is 68.0 Å². The number of hydrogen-bond donors (Lipinski definition) is 5. The van der Waals surface area contributed by atoms with E-state index in [0.717, 1.165) is 41.0 Å².